The number of anilines is 1. The molecule has 0 saturated heterocycles. The Hall–Kier alpha value is 0.120. The lowest BCUT2D eigenvalue weighted by molar-refractivity contribution is 1.48. The fourth-order valence-electron chi connectivity index (χ4n) is 0.974. The molecule has 2 rings (SSSR count). The van der Waals surface area contributed by atoms with Gasteiger partial charge in [0.1, 0.15) is 0 Å². The van der Waals surface area contributed by atoms with E-state index in [2.05, 4.69) is 43.5 Å². The van der Waals surface area contributed by atoms with Crippen molar-refractivity contribution in [1.82, 2.24) is 4.98 Å². The van der Waals surface area contributed by atoms with Crippen molar-refractivity contribution < 1.29 is 0 Å². The predicted molar refractivity (Wildman–Crippen MR) is 64.4 cm³/mol. The summed E-state index contributed by atoms with van der Waals surface area (Å²) in [4.78, 5) is 4.22. The third-order valence-electron chi connectivity index (χ3n) is 1.43. The van der Waals surface area contributed by atoms with Crippen LogP contribution in [0.15, 0.2) is 16.6 Å². The molecule has 0 bridgehead atoms. The number of nitrogens with zero attached hydrogens (tertiary/aromatic N) is 1. The normalized spacial score (nSPS) is 10.8. The number of nitrogen functional groups attached to an aromatic ring is 1. The third-order valence-corrected chi connectivity index (χ3v) is 3.54. The Balaban J connectivity index is 2.88. The number of halogens is 2. The number of nitrogens with two attached hydrogens (primary N) is 1. The lowest BCUT2D eigenvalue weighted by Crippen LogP contribution is -1.80. The maximum Gasteiger partial charge on any atom is 0.181 e. The molecule has 0 radical (unpaired) electrons. The van der Waals surface area contributed by atoms with Gasteiger partial charge in [0.15, 0.2) is 5.13 Å². The minimum absolute atomic E-state index is 0.626. The molecule has 2 aromatic rings. The van der Waals surface area contributed by atoms with Crippen molar-refractivity contribution in [2.45, 2.75) is 0 Å². The van der Waals surface area contributed by atoms with Crippen molar-refractivity contribution in [1.29, 1.82) is 0 Å². The van der Waals surface area contributed by atoms with Gasteiger partial charge >= 0.3 is 0 Å². The van der Waals surface area contributed by atoms with Crippen LogP contribution in [-0.4, -0.2) is 4.98 Å². The van der Waals surface area contributed by atoms with Gasteiger partial charge in [0.05, 0.1) is 10.2 Å². The number of fused-ring (bicyclic) bond motifs is 1. The van der Waals surface area contributed by atoms with Crippen molar-refractivity contribution in [3.63, 3.8) is 0 Å². The monoisotopic (exact) mass is 354 g/mol. The number of hydrogen-bond acceptors (Lipinski definition) is 3. The summed E-state index contributed by atoms with van der Waals surface area (Å²) >= 11 is 7.19. The Morgan fingerprint density at radius 3 is 3.00 bits per heavy atom. The van der Waals surface area contributed by atoms with E-state index in [4.69, 9.17) is 5.73 Å². The van der Waals surface area contributed by atoms with Crippen LogP contribution < -0.4 is 5.73 Å². The Morgan fingerprint density at radius 2 is 2.25 bits per heavy atom. The second-order valence-corrected chi connectivity index (χ2v) is 5.43. The van der Waals surface area contributed by atoms with E-state index in [1.165, 1.54) is 11.3 Å². The average Bonchev–Trinajstić information content (AvgIpc) is 2.29. The van der Waals surface area contributed by atoms with Gasteiger partial charge in [-0.2, -0.15) is 0 Å². The van der Waals surface area contributed by atoms with E-state index in [1.54, 1.807) is 0 Å². The molecule has 0 amide bonds. The van der Waals surface area contributed by atoms with Gasteiger partial charge in [0.25, 0.3) is 0 Å². The van der Waals surface area contributed by atoms with Gasteiger partial charge in [-0.25, -0.2) is 4.98 Å². The van der Waals surface area contributed by atoms with E-state index < -0.39 is 0 Å². The molecular weight excluding hydrogens is 351 g/mol. The molecule has 1 heterocycles. The molecular formula is C7H4BrIN2S. The molecule has 2 nitrogen and oxygen atoms in total. The molecule has 0 saturated carbocycles. The van der Waals surface area contributed by atoms with Crippen molar-refractivity contribution in [2.75, 3.05) is 5.73 Å². The quantitative estimate of drug-likeness (QED) is 0.737. The minimum Gasteiger partial charge on any atom is -0.375 e. The van der Waals surface area contributed by atoms with Crippen molar-refractivity contribution in [3.8, 4) is 0 Å². The topological polar surface area (TPSA) is 38.9 Å². The summed E-state index contributed by atoms with van der Waals surface area (Å²) in [7, 11) is 0. The first-order valence-electron chi connectivity index (χ1n) is 3.18. The maximum absolute atomic E-state index is 5.60. The molecule has 5 heteroatoms. The molecule has 0 aliphatic carbocycles. The van der Waals surface area contributed by atoms with Crippen LogP contribution in [0.5, 0.6) is 0 Å². The van der Waals surface area contributed by atoms with Crippen LogP contribution in [0.2, 0.25) is 0 Å². The molecule has 0 unspecified atom stereocenters. The van der Waals surface area contributed by atoms with Crippen molar-refractivity contribution >= 4 is 65.2 Å². The Morgan fingerprint density at radius 1 is 1.50 bits per heavy atom. The first-order chi connectivity index (χ1) is 5.66. The van der Waals surface area contributed by atoms with Gasteiger partial charge in [-0.15, -0.1) is 0 Å². The lowest BCUT2D eigenvalue weighted by Gasteiger charge is -1.92. The Labute approximate surface area is 95.4 Å². The van der Waals surface area contributed by atoms with Crippen LogP contribution in [0.3, 0.4) is 0 Å². The zero-order chi connectivity index (χ0) is 8.72. The van der Waals surface area contributed by atoms with E-state index in [9.17, 15) is 0 Å². The SMILES string of the molecule is Nc1nc2c(I)cc(Br)cc2s1. The van der Waals surface area contributed by atoms with E-state index in [0.29, 0.717) is 5.13 Å². The molecule has 1 aromatic heterocycles. The predicted octanol–water partition coefficient (Wildman–Crippen LogP) is 3.25. The zero-order valence-electron chi connectivity index (χ0n) is 5.84. The molecule has 0 aliphatic rings. The summed E-state index contributed by atoms with van der Waals surface area (Å²) < 4.78 is 3.33. The van der Waals surface area contributed by atoms with E-state index in [1.807, 2.05) is 12.1 Å². The summed E-state index contributed by atoms with van der Waals surface area (Å²) in [5.41, 5.74) is 6.60. The van der Waals surface area contributed by atoms with Crippen LogP contribution in [0, 0.1) is 3.57 Å². The second kappa shape index (κ2) is 3.12. The van der Waals surface area contributed by atoms with E-state index in [-0.39, 0.29) is 0 Å². The number of aromatic nitrogens is 1. The molecule has 2 N–H and O–H groups in total. The number of benzene rings is 1. The maximum atomic E-state index is 5.60. The van der Waals surface area contributed by atoms with Crippen molar-refractivity contribution in [3.05, 3.63) is 20.2 Å². The van der Waals surface area contributed by atoms with Crippen molar-refractivity contribution in [2.24, 2.45) is 0 Å². The fraction of sp³-hybridized carbons (Fsp3) is 0. The van der Waals surface area contributed by atoms with Gasteiger partial charge in [-0.05, 0) is 34.7 Å². The van der Waals surface area contributed by atoms with Gasteiger partial charge in [-0.1, -0.05) is 27.3 Å². The van der Waals surface area contributed by atoms with E-state index in [0.717, 1.165) is 18.3 Å². The van der Waals surface area contributed by atoms with Crippen LogP contribution in [0.25, 0.3) is 10.2 Å². The molecule has 0 atom stereocenters. The highest BCUT2D eigenvalue weighted by atomic mass is 127. The van der Waals surface area contributed by atoms with Gasteiger partial charge in [0.2, 0.25) is 0 Å². The largest absolute Gasteiger partial charge is 0.375 e. The Bertz CT molecular complexity index is 440. The number of hydrogen-bond donors (Lipinski definition) is 1. The van der Waals surface area contributed by atoms with Gasteiger partial charge in [0, 0.05) is 8.04 Å². The zero-order valence-corrected chi connectivity index (χ0v) is 10.4. The summed E-state index contributed by atoms with van der Waals surface area (Å²) in [6, 6.07) is 4.06. The van der Waals surface area contributed by atoms with E-state index >= 15 is 0 Å². The first kappa shape index (κ1) is 8.71. The van der Waals surface area contributed by atoms with Crippen LogP contribution >= 0.6 is 49.9 Å². The molecule has 0 fully saturated rings. The minimum atomic E-state index is 0.626. The smallest absolute Gasteiger partial charge is 0.181 e. The molecule has 0 aliphatic heterocycles. The van der Waals surface area contributed by atoms with Gasteiger partial charge < -0.3 is 5.73 Å². The summed E-state index contributed by atoms with van der Waals surface area (Å²) in [6.45, 7) is 0. The highest BCUT2D eigenvalue weighted by Gasteiger charge is 2.05. The first-order valence-corrected chi connectivity index (χ1v) is 5.87. The standard InChI is InChI=1S/C7H4BrIN2S/c8-3-1-4(9)6-5(2-3)12-7(10)11-6/h1-2H,(H2,10,11). The summed E-state index contributed by atoms with van der Waals surface area (Å²) in [6.07, 6.45) is 0. The van der Waals surface area contributed by atoms with Crippen LogP contribution in [-0.2, 0) is 0 Å². The second-order valence-electron chi connectivity index (χ2n) is 2.29. The Kier molecular flexibility index (Phi) is 2.26. The van der Waals surface area contributed by atoms with Crippen LogP contribution in [0.1, 0.15) is 0 Å². The highest BCUT2D eigenvalue weighted by Crippen LogP contribution is 2.30. The van der Waals surface area contributed by atoms with Crippen LogP contribution in [0.4, 0.5) is 5.13 Å². The fourth-order valence-corrected chi connectivity index (χ4v) is 3.74. The lowest BCUT2D eigenvalue weighted by atomic mass is 10.3. The highest BCUT2D eigenvalue weighted by molar-refractivity contribution is 14.1. The average molecular weight is 355 g/mol. The summed E-state index contributed by atoms with van der Waals surface area (Å²) in [5.74, 6) is 0. The number of rotatable bonds is 0. The molecule has 1 aromatic carbocycles. The molecule has 0 spiro atoms. The summed E-state index contributed by atoms with van der Waals surface area (Å²) in [5, 5.41) is 0.626. The molecule has 12 heavy (non-hydrogen) atoms. The van der Waals surface area contributed by atoms with Gasteiger partial charge in [-0.3, -0.25) is 0 Å². The third kappa shape index (κ3) is 1.45. The molecule has 62 valence electrons. The number of thiazole rings is 1.